The van der Waals surface area contributed by atoms with E-state index in [9.17, 15) is 0 Å². The average molecular weight is 739 g/mol. The second-order valence-corrected chi connectivity index (χ2v) is 14.9. The molecule has 0 fully saturated rings. The van der Waals surface area contributed by atoms with Crippen molar-refractivity contribution >= 4 is 55.0 Å². The highest BCUT2D eigenvalue weighted by Gasteiger charge is 2.20. The third-order valence-corrected chi connectivity index (χ3v) is 11.6. The van der Waals surface area contributed by atoms with Crippen LogP contribution in [0.5, 0.6) is 0 Å². The molecule has 272 valence electrons. The van der Waals surface area contributed by atoms with E-state index in [1.165, 1.54) is 82.5 Å². The van der Waals surface area contributed by atoms with Crippen LogP contribution in [0.2, 0.25) is 0 Å². The van der Waals surface area contributed by atoms with Crippen molar-refractivity contribution in [3.05, 3.63) is 231 Å². The molecule has 11 aromatic rings. The highest BCUT2D eigenvalue weighted by atomic mass is 15.1. The van der Waals surface area contributed by atoms with Crippen molar-refractivity contribution < 1.29 is 0 Å². The van der Waals surface area contributed by atoms with E-state index in [0.29, 0.717) is 0 Å². The van der Waals surface area contributed by atoms with Crippen LogP contribution in [-0.2, 0) is 0 Å². The molecule has 2 aromatic heterocycles. The number of hydrogen-bond acceptors (Lipinski definition) is 1. The summed E-state index contributed by atoms with van der Waals surface area (Å²) in [6.45, 7) is 0. The number of rotatable bonds is 7. The smallest absolute Gasteiger partial charge is 0.0620 e. The van der Waals surface area contributed by atoms with Gasteiger partial charge in [0.2, 0.25) is 0 Å². The van der Waals surface area contributed by atoms with Gasteiger partial charge in [-0.05, 0) is 110 Å². The normalized spacial score (nSPS) is 11.4. The van der Waals surface area contributed by atoms with Crippen molar-refractivity contribution in [2.75, 3.05) is 4.90 Å². The van der Waals surface area contributed by atoms with Gasteiger partial charge in [0.15, 0.2) is 0 Å². The zero-order valence-corrected chi connectivity index (χ0v) is 31.8. The predicted molar refractivity (Wildman–Crippen MR) is 246 cm³/mol. The Bertz CT molecular complexity index is 3140. The van der Waals surface area contributed by atoms with Crippen molar-refractivity contribution in [1.29, 1.82) is 0 Å². The minimum absolute atomic E-state index is 1.10. The number of aromatic nitrogens is 1. The van der Waals surface area contributed by atoms with Crippen molar-refractivity contribution in [3.63, 3.8) is 0 Å². The summed E-state index contributed by atoms with van der Waals surface area (Å²) >= 11 is 0. The third-order valence-electron chi connectivity index (χ3n) is 11.6. The topological polar surface area (TPSA) is 7.65 Å². The molecular formula is C56H38N2. The van der Waals surface area contributed by atoms with Crippen LogP contribution in [0.4, 0.5) is 17.1 Å². The molecule has 2 heterocycles. The largest absolute Gasteiger partial charge is 0.315 e. The van der Waals surface area contributed by atoms with Gasteiger partial charge in [0.1, 0.15) is 0 Å². The van der Waals surface area contributed by atoms with E-state index >= 15 is 0 Å². The van der Waals surface area contributed by atoms with Gasteiger partial charge >= 0.3 is 0 Å². The summed E-state index contributed by atoms with van der Waals surface area (Å²) in [5, 5.41) is 6.33. The van der Waals surface area contributed by atoms with Crippen molar-refractivity contribution in [1.82, 2.24) is 4.40 Å². The van der Waals surface area contributed by atoms with Crippen LogP contribution in [0.15, 0.2) is 231 Å². The fourth-order valence-corrected chi connectivity index (χ4v) is 8.84. The van der Waals surface area contributed by atoms with Gasteiger partial charge in [-0.3, -0.25) is 0 Å². The first-order chi connectivity index (χ1) is 28.8. The SMILES string of the molecule is c1ccc(-c2ccc(N(c3ccc(-c4ccccc4)cc3)c3ccc(-c4ccc5c(c4)c4ccccc4c4c5c(-c5ccccc5)c5ccccn54)cc3)cc2)cc1. The fourth-order valence-electron chi connectivity index (χ4n) is 8.84. The van der Waals surface area contributed by atoms with Crippen molar-refractivity contribution in [2.24, 2.45) is 0 Å². The second kappa shape index (κ2) is 14.1. The Morgan fingerprint density at radius 3 is 1.28 bits per heavy atom. The van der Waals surface area contributed by atoms with Gasteiger partial charge in [-0.15, -0.1) is 0 Å². The van der Waals surface area contributed by atoms with E-state index in [4.69, 9.17) is 0 Å². The number of fused-ring (bicyclic) bond motifs is 8. The summed E-state index contributed by atoms with van der Waals surface area (Å²) in [4.78, 5) is 2.35. The molecule has 0 radical (unpaired) electrons. The lowest BCUT2D eigenvalue weighted by atomic mass is 9.91. The van der Waals surface area contributed by atoms with Gasteiger partial charge in [-0.2, -0.15) is 0 Å². The molecule has 0 aliphatic rings. The Hall–Kier alpha value is -7.68. The number of benzene rings is 9. The van der Waals surface area contributed by atoms with Gasteiger partial charge in [-0.25, -0.2) is 0 Å². The van der Waals surface area contributed by atoms with E-state index < -0.39 is 0 Å². The minimum Gasteiger partial charge on any atom is -0.315 e. The maximum Gasteiger partial charge on any atom is 0.0620 e. The quantitative estimate of drug-likeness (QED) is 0.148. The van der Waals surface area contributed by atoms with Crippen LogP contribution in [0.25, 0.3) is 82.5 Å². The van der Waals surface area contributed by atoms with Crippen LogP contribution < -0.4 is 4.90 Å². The lowest BCUT2D eigenvalue weighted by Crippen LogP contribution is -2.09. The first-order valence-corrected chi connectivity index (χ1v) is 19.9. The first-order valence-electron chi connectivity index (χ1n) is 19.9. The zero-order chi connectivity index (χ0) is 38.4. The molecule has 0 saturated heterocycles. The summed E-state index contributed by atoms with van der Waals surface area (Å²) in [6, 6.07) is 81.3. The van der Waals surface area contributed by atoms with Crippen LogP contribution in [0, 0.1) is 0 Å². The molecule has 0 amide bonds. The van der Waals surface area contributed by atoms with E-state index in [2.05, 4.69) is 240 Å². The molecule has 0 bridgehead atoms. The summed E-state index contributed by atoms with van der Waals surface area (Å²) in [6.07, 6.45) is 2.21. The summed E-state index contributed by atoms with van der Waals surface area (Å²) < 4.78 is 2.38. The standard InChI is InChI=1S/C56H38N2/c1-4-14-39(15-5-1)41-23-30-46(31-24-41)58(47-32-25-42(26-33-47)40-16-6-2-7-17-40)48-34-27-43(28-35-48)45-29-36-50-52(38-45)49-20-10-11-21-51(49)56-55(50)54(44-18-8-3-9-19-44)53-22-12-13-37-57(53)56/h1-38H. The van der Waals surface area contributed by atoms with Crippen LogP contribution >= 0.6 is 0 Å². The summed E-state index contributed by atoms with van der Waals surface area (Å²) in [5.41, 5.74) is 15.5. The molecule has 0 atom stereocenters. The Morgan fingerprint density at radius 1 is 0.293 bits per heavy atom. The van der Waals surface area contributed by atoms with Crippen molar-refractivity contribution in [3.8, 4) is 44.5 Å². The van der Waals surface area contributed by atoms with Gasteiger partial charge in [0, 0.05) is 39.6 Å². The number of hydrogen-bond donors (Lipinski definition) is 0. The van der Waals surface area contributed by atoms with Crippen LogP contribution in [0.1, 0.15) is 0 Å². The van der Waals surface area contributed by atoms with Gasteiger partial charge in [0.25, 0.3) is 0 Å². The van der Waals surface area contributed by atoms with Crippen LogP contribution in [0.3, 0.4) is 0 Å². The van der Waals surface area contributed by atoms with Crippen LogP contribution in [-0.4, -0.2) is 4.40 Å². The Labute approximate surface area is 338 Å². The Balaban J connectivity index is 1.03. The van der Waals surface area contributed by atoms with E-state index in [1.54, 1.807) is 0 Å². The molecule has 2 nitrogen and oxygen atoms in total. The summed E-state index contributed by atoms with van der Waals surface area (Å²) in [5.74, 6) is 0. The van der Waals surface area contributed by atoms with Crippen molar-refractivity contribution in [2.45, 2.75) is 0 Å². The molecule has 0 aliphatic carbocycles. The maximum atomic E-state index is 2.39. The molecular weight excluding hydrogens is 701 g/mol. The van der Waals surface area contributed by atoms with E-state index in [0.717, 1.165) is 17.1 Å². The first kappa shape index (κ1) is 33.6. The minimum atomic E-state index is 1.10. The molecule has 0 saturated carbocycles. The van der Waals surface area contributed by atoms with E-state index in [-0.39, 0.29) is 0 Å². The number of pyridine rings is 1. The molecule has 0 unspecified atom stereocenters. The highest BCUT2D eigenvalue weighted by Crippen LogP contribution is 2.45. The molecule has 58 heavy (non-hydrogen) atoms. The molecule has 2 heteroatoms. The fraction of sp³-hybridized carbons (Fsp3) is 0. The molecule has 9 aromatic carbocycles. The third kappa shape index (κ3) is 5.74. The van der Waals surface area contributed by atoms with Gasteiger partial charge < -0.3 is 9.30 Å². The Kier molecular flexibility index (Phi) is 8.19. The lowest BCUT2D eigenvalue weighted by Gasteiger charge is -2.26. The van der Waals surface area contributed by atoms with Gasteiger partial charge in [0.05, 0.1) is 11.0 Å². The number of nitrogens with zero attached hydrogens (tertiary/aromatic N) is 2. The number of anilines is 3. The monoisotopic (exact) mass is 738 g/mol. The highest BCUT2D eigenvalue weighted by molar-refractivity contribution is 6.30. The van der Waals surface area contributed by atoms with E-state index in [1.807, 2.05) is 0 Å². The molecule has 0 aliphatic heterocycles. The lowest BCUT2D eigenvalue weighted by molar-refractivity contribution is 1.26. The predicted octanol–water partition coefficient (Wildman–Crippen LogP) is 15.5. The zero-order valence-electron chi connectivity index (χ0n) is 31.8. The molecule has 11 rings (SSSR count). The Morgan fingerprint density at radius 2 is 0.724 bits per heavy atom. The average Bonchev–Trinajstić information content (AvgIpc) is 3.66. The van der Waals surface area contributed by atoms with Gasteiger partial charge in [-0.1, -0.05) is 170 Å². The molecule has 0 N–H and O–H groups in total. The molecule has 0 spiro atoms. The maximum absolute atomic E-state index is 2.39. The summed E-state index contributed by atoms with van der Waals surface area (Å²) in [7, 11) is 0. The second-order valence-electron chi connectivity index (χ2n) is 14.9.